The molecule has 0 aliphatic carbocycles. The molecule has 0 bridgehead atoms. The predicted octanol–water partition coefficient (Wildman–Crippen LogP) is 2.66. The minimum atomic E-state index is -0.690. The standard InChI is InChI=1S/C15H26OSi/c1-12(2)11-15(3,16)14-8-6-13(7-9-14)5-4-10-17/h6-9,12,16H,4-5,10-11H2,1-3,17H3. The van der Waals surface area contributed by atoms with Gasteiger partial charge in [-0.2, -0.15) is 0 Å². The predicted molar refractivity (Wildman–Crippen MR) is 78.5 cm³/mol. The van der Waals surface area contributed by atoms with E-state index in [2.05, 4.69) is 38.1 Å². The summed E-state index contributed by atoms with van der Waals surface area (Å²) in [5, 5.41) is 10.4. The Morgan fingerprint density at radius 2 is 1.82 bits per heavy atom. The Balaban J connectivity index is 2.72. The van der Waals surface area contributed by atoms with Crippen LogP contribution in [0.25, 0.3) is 0 Å². The summed E-state index contributed by atoms with van der Waals surface area (Å²) < 4.78 is 0. The fourth-order valence-electron chi connectivity index (χ4n) is 2.32. The van der Waals surface area contributed by atoms with E-state index in [0.717, 1.165) is 12.0 Å². The van der Waals surface area contributed by atoms with Gasteiger partial charge in [-0.3, -0.25) is 0 Å². The van der Waals surface area contributed by atoms with Crippen LogP contribution >= 0.6 is 0 Å². The van der Waals surface area contributed by atoms with E-state index in [4.69, 9.17) is 0 Å². The summed E-state index contributed by atoms with van der Waals surface area (Å²) in [4.78, 5) is 0. The van der Waals surface area contributed by atoms with Crippen molar-refractivity contribution in [2.24, 2.45) is 5.92 Å². The normalized spacial score (nSPS) is 15.1. The van der Waals surface area contributed by atoms with E-state index >= 15 is 0 Å². The fraction of sp³-hybridized carbons (Fsp3) is 0.600. The Hall–Kier alpha value is -0.603. The van der Waals surface area contributed by atoms with Crippen molar-refractivity contribution in [3.8, 4) is 0 Å². The van der Waals surface area contributed by atoms with E-state index in [1.54, 1.807) is 0 Å². The van der Waals surface area contributed by atoms with E-state index in [0.29, 0.717) is 5.92 Å². The van der Waals surface area contributed by atoms with Crippen molar-refractivity contribution in [1.29, 1.82) is 0 Å². The molecule has 1 atom stereocenters. The average Bonchev–Trinajstić information content (AvgIpc) is 2.25. The SMILES string of the molecule is CC(C)CC(C)(O)c1ccc(CCC[SiH3])cc1. The van der Waals surface area contributed by atoms with Crippen LogP contribution in [0.4, 0.5) is 0 Å². The number of aliphatic hydroxyl groups is 1. The Morgan fingerprint density at radius 1 is 1.24 bits per heavy atom. The first-order chi connectivity index (χ1) is 7.95. The second-order valence-corrected chi connectivity index (χ2v) is 6.67. The Kier molecular flexibility index (Phi) is 5.41. The summed E-state index contributed by atoms with van der Waals surface area (Å²) >= 11 is 0. The van der Waals surface area contributed by atoms with Gasteiger partial charge in [0.2, 0.25) is 0 Å². The fourth-order valence-corrected chi connectivity index (χ4v) is 2.68. The number of aryl methyl sites for hydroxylation is 1. The number of hydrogen-bond donors (Lipinski definition) is 1. The first-order valence-electron chi connectivity index (χ1n) is 6.77. The average molecular weight is 250 g/mol. The molecule has 0 saturated heterocycles. The van der Waals surface area contributed by atoms with Crippen LogP contribution in [-0.2, 0) is 12.0 Å². The van der Waals surface area contributed by atoms with Crippen molar-refractivity contribution in [2.75, 3.05) is 0 Å². The highest BCUT2D eigenvalue weighted by atomic mass is 28.1. The highest BCUT2D eigenvalue weighted by Crippen LogP contribution is 2.28. The van der Waals surface area contributed by atoms with Crippen molar-refractivity contribution in [2.45, 2.75) is 51.7 Å². The molecule has 1 aromatic rings. The third kappa shape index (κ3) is 4.64. The van der Waals surface area contributed by atoms with Gasteiger partial charge >= 0.3 is 0 Å². The third-order valence-electron chi connectivity index (χ3n) is 3.20. The molecule has 2 heteroatoms. The van der Waals surface area contributed by atoms with Gasteiger partial charge in [-0.1, -0.05) is 50.6 Å². The zero-order valence-corrected chi connectivity index (χ0v) is 13.7. The number of rotatable bonds is 6. The molecule has 0 fully saturated rings. The molecule has 0 amide bonds. The lowest BCUT2D eigenvalue weighted by molar-refractivity contribution is 0.0348. The van der Waals surface area contributed by atoms with Crippen LogP contribution in [0.2, 0.25) is 6.04 Å². The molecule has 0 spiro atoms. The second kappa shape index (κ2) is 6.36. The molecule has 1 N–H and O–H groups in total. The summed E-state index contributed by atoms with van der Waals surface area (Å²) in [6.07, 6.45) is 3.29. The Labute approximate surface area is 109 Å². The van der Waals surface area contributed by atoms with E-state index in [9.17, 15) is 5.11 Å². The molecule has 0 radical (unpaired) electrons. The molecule has 0 saturated carbocycles. The second-order valence-electron chi connectivity index (χ2n) is 5.67. The van der Waals surface area contributed by atoms with Gasteiger partial charge in [-0.25, -0.2) is 0 Å². The third-order valence-corrected chi connectivity index (χ3v) is 3.91. The number of benzene rings is 1. The summed E-state index contributed by atoms with van der Waals surface area (Å²) in [5.41, 5.74) is 1.75. The van der Waals surface area contributed by atoms with Gasteiger partial charge in [0.05, 0.1) is 5.60 Å². The van der Waals surface area contributed by atoms with Crippen molar-refractivity contribution < 1.29 is 5.11 Å². The van der Waals surface area contributed by atoms with Crippen molar-refractivity contribution in [3.63, 3.8) is 0 Å². The minimum absolute atomic E-state index is 0.509. The van der Waals surface area contributed by atoms with Crippen LogP contribution < -0.4 is 0 Å². The van der Waals surface area contributed by atoms with Crippen molar-refractivity contribution in [3.05, 3.63) is 35.4 Å². The molecular weight excluding hydrogens is 224 g/mol. The first kappa shape index (κ1) is 14.5. The lowest BCUT2D eigenvalue weighted by Gasteiger charge is -2.26. The van der Waals surface area contributed by atoms with Crippen LogP contribution in [0.5, 0.6) is 0 Å². The smallest absolute Gasteiger partial charge is 0.0871 e. The van der Waals surface area contributed by atoms with Gasteiger partial charge in [0, 0.05) is 10.2 Å². The maximum absolute atomic E-state index is 10.4. The molecule has 1 unspecified atom stereocenters. The molecule has 0 aromatic heterocycles. The van der Waals surface area contributed by atoms with E-state index < -0.39 is 5.60 Å². The monoisotopic (exact) mass is 250 g/mol. The molecule has 1 aromatic carbocycles. The van der Waals surface area contributed by atoms with Gasteiger partial charge in [0.15, 0.2) is 0 Å². The lowest BCUT2D eigenvalue weighted by atomic mass is 9.87. The molecule has 1 rings (SSSR count). The van der Waals surface area contributed by atoms with Crippen molar-refractivity contribution >= 4 is 10.2 Å². The summed E-state index contributed by atoms with van der Waals surface area (Å²) in [6, 6.07) is 9.88. The zero-order valence-electron chi connectivity index (χ0n) is 11.7. The summed E-state index contributed by atoms with van der Waals surface area (Å²) in [6.45, 7) is 6.21. The van der Waals surface area contributed by atoms with Gasteiger partial charge in [-0.15, -0.1) is 0 Å². The van der Waals surface area contributed by atoms with Crippen LogP contribution in [0.1, 0.15) is 44.7 Å². The summed E-state index contributed by atoms with van der Waals surface area (Å²) in [5.74, 6) is 0.509. The highest BCUT2D eigenvalue weighted by molar-refractivity contribution is 6.08. The molecule has 0 aliphatic heterocycles. The number of hydrogen-bond acceptors (Lipinski definition) is 1. The maximum Gasteiger partial charge on any atom is 0.0871 e. The van der Waals surface area contributed by atoms with Gasteiger partial charge < -0.3 is 5.11 Å². The molecular formula is C15H26OSi. The topological polar surface area (TPSA) is 20.2 Å². The zero-order chi connectivity index (χ0) is 12.9. The first-order valence-corrected chi connectivity index (χ1v) is 8.19. The quantitative estimate of drug-likeness (QED) is 0.770. The van der Waals surface area contributed by atoms with Gasteiger partial charge in [0.25, 0.3) is 0 Å². The Morgan fingerprint density at radius 3 is 2.29 bits per heavy atom. The molecule has 0 heterocycles. The Bertz CT molecular complexity index is 327. The highest BCUT2D eigenvalue weighted by Gasteiger charge is 2.23. The molecule has 96 valence electrons. The van der Waals surface area contributed by atoms with Crippen LogP contribution in [-0.4, -0.2) is 15.3 Å². The maximum atomic E-state index is 10.4. The van der Waals surface area contributed by atoms with E-state index in [1.165, 1.54) is 34.7 Å². The van der Waals surface area contributed by atoms with Crippen LogP contribution in [0.15, 0.2) is 24.3 Å². The van der Waals surface area contributed by atoms with Gasteiger partial charge in [0.1, 0.15) is 0 Å². The van der Waals surface area contributed by atoms with E-state index in [1.807, 2.05) is 6.92 Å². The van der Waals surface area contributed by atoms with Crippen molar-refractivity contribution in [1.82, 2.24) is 0 Å². The lowest BCUT2D eigenvalue weighted by Crippen LogP contribution is -2.23. The van der Waals surface area contributed by atoms with Gasteiger partial charge in [-0.05, 0) is 36.8 Å². The molecule has 0 aliphatic rings. The molecule has 17 heavy (non-hydrogen) atoms. The van der Waals surface area contributed by atoms with Crippen LogP contribution in [0, 0.1) is 5.92 Å². The summed E-state index contributed by atoms with van der Waals surface area (Å²) in [7, 11) is 1.30. The van der Waals surface area contributed by atoms with E-state index in [-0.39, 0.29) is 0 Å². The van der Waals surface area contributed by atoms with Crippen LogP contribution in [0.3, 0.4) is 0 Å². The minimum Gasteiger partial charge on any atom is -0.385 e. The molecule has 1 nitrogen and oxygen atoms in total. The largest absolute Gasteiger partial charge is 0.385 e.